The normalized spacial score (nSPS) is 22.5. The Morgan fingerprint density at radius 3 is 2.24 bits per heavy atom. The third kappa shape index (κ3) is 4.58. The first kappa shape index (κ1) is 23.3. The van der Waals surface area contributed by atoms with Gasteiger partial charge in [0, 0.05) is 35.7 Å². The fourth-order valence-corrected chi connectivity index (χ4v) is 6.56. The SMILES string of the molecule is O=C(Nc1cc(F)c(N2C3CCCC2CC3)c(F)c1)c1nc(N2CCCC2)sc1CC(F)(F)F. The van der Waals surface area contributed by atoms with Crippen molar-refractivity contribution in [1.29, 1.82) is 0 Å². The van der Waals surface area contributed by atoms with Gasteiger partial charge in [0.1, 0.15) is 11.4 Å². The topological polar surface area (TPSA) is 48.5 Å². The van der Waals surface area contributed by atoms with Gasteiger partial charge < -0.3 is 15.1 Å². The molecule has 3 aliphatic heterocycles. The Balaban J connectivity index is 1.40. The molecule has 3 saturated heterocycles. The maximum Gasteiger partial charge on any atom is 0.393 e. The molecule has 2 bridgehead atoms. The number of hydrogen-bond donors (Lipinski definition) is 1. The molecule has 2 aromatic rings. The van der Waals surface area contributed by atoms with Crippen LogP contribution in [0.4, 0.5) is 38.5 Å². The van der Waals surface area contributed by atoms with E-state index in [-0.39, 0.29) is 34.0 Å². The number of fused-ring (bicyclic) bond motifs is 2. The highest BCUT2D eigenvalue weighted by atomic mass is 32.1. The van der Waals surface area contributed by atoms with Crippen molar-refractivity contribution in [1.82, 2.24) is 4.98 Å². The number of nitrogens with one attached hydrogen (secondary N) is 1. The molecule has 3 aliphatic rings. The van der Waals surface area contributed by atoms with E-state index in [1.807, 2.05) is 9.80 Å². The van der Waals surface area contributed by atoms with Gasteiger partial charge in [0.25, 0.3) is 5.91 Å². The predicted octanol–water partition coefficient (Wildman–Crippen LogP) is 5.90. The molecule has 34 heavy (non-hydrogen) atoms. The minimum Gasteiger partial charge on any atom is -0.361 e. The molecule has 2 atom stereocenters. The van der Waals surface area contributed by atoms with Crippen molar-refractivity contribution < 1.29 is 26.7 Å². The Bertz CT molecular complexity index is 1040. The van der Waals surface area contributed by atoms with Gasteiger partial charge in [-0.25, -0.2) is 13.8 Å². The number of thiazole rings is 1. The fraction of sp³-hybridized carbons (Fsp3) is 0.565. The zero-order chi connectivity index (χ0) is 24.0. The molecule has 184 valence electrons. The number of aromatic nitrogens is 1. The van der Waals surface area contributed by atoms with Crippen molar-refractivity contribution in [2.75, 3.05) is 28.2 Å². The van der Waals surface area contributed by atoms with Crippen LogP contribution in [0.15, 0.2) is 12.1 Å². The molecule has 0 spiro atoms. The number of nitrogens with zero attached hydrogens (tertiary/aromatic N) is 3. The zero-order valence-electron chi connectivity index (χ0n) is 18.4. The summed E-state index contributed by atoms with van der Waals surface area (Å²) in [5.41, 5.74) is -0.599. The van der Waals surface area contributed by atoms with E-state index in [1.54, 1.807) is 0 Å². The van der Waals surface area contributed by atoms with Crippen LogP contribution in [-0.2, 0) is 6.42 Å². The summed E-state index contributed by atoms with van der Waals surface area (Å²) >= 11 is 0.837. The van der Waals surface area contributed by atoms with E-state index in [9.17, 15) is 18.0 Å². The molecule has 1 amide bonds. The summed E-state index contributed by atoms with van der Waals surface area (Å²) in [5, 5.41) is 2.72. The van der Waals surface area contributed by atoms with E-state index in [2.05, 4.69) is 10.3 Å². The van der Waals surface area contributed by atoms with E-state index >= 15 is 8.78 Å². The van der Waals surface area contributed by atoms with Gasteiger partial charge in [-0.1, -0.05) is 0 Å². The second-order valence-electron chi connectivity index (χ2n) is 9.22. The second kappa shape index (κ2) is 8.98. The van der Waals surface area contributed by atoms with E-state index in [0.29, 0.717) is 18.2 Å². The van der Waals surface area contributed by atoms with Crippen LogP contribution in [0.1, 0.15) is 60.3 Å². The molecule has 1 aromatic carbocycles. The van der Waals surface area contributed by atoms with Gasteiger partial charge in [-0.3, -0.25) is 4.79 Å². The first-order chi connectivity index (χ1) is 16.2. The molecule has 2 unspecified atom stereocenters. The number of piperidine rings is 1. The molecule has 4 heterocycles. The summed E-state index contributed by atoms with van der Waals surface area (Å²) in [6, 6.07) is 2.27. The number of rotatable bonds is 5. The van der Waals surface area contributed by atoms with Crippen molar-refractivity contribution in [2.24, 2.45) is 0 Å². The van der Waals surface area contributed by atoms with E-state index < -0.39 is 30.1 Å². The van der Waals surface area contributed by atoms with Crippen molar-refractivity contribution in [3.05, 3.63) is 34.3 Å². The number of amides is 1. The summed E-state index contributed by atoms with van der Waals surface area (Å²) in [6.45, 7) is 1.33. The summed E-state index contributed by atoms with van der Waals surface area (Å²) in [5.74, 6) is -2.49. The standard InChI is InChI=1S/C23H25F5N4OS/c24-16-10-13(11-17(25)20(16)32-14-4-3-5-15(32)7-6-14)29-21(33)19-18(12-23(26,27)28)34-22(30-19)31-8-1-2-9-31/h10-11,14-15H,1-9,12H2,(H,29,33). The average molecular weight is 501 g/mol. The molecule has 0 radical (unpaired) electrons. The van der Waals surface area contributed by atoms with Crippen LogP contribution in [0.3, 0.4) is 0 Å². The molecule has 5 nitrogen and oxygen atoms in total. The third-order valence-corrected chi connectivity index (χ3v) is 7.98. The Hall–Kier alpha value is -2.43. The number of anilines is 3. The number of benzene rings is 1. The monoisotopic (exact) mass is 500 g/mol. The first-order valence-corrected chi connectivity index (χ1v) is 12.4. The maximum absolute atomic E-state index is 15.0. The van der Waals surface area contributed by atoms with Gasteiger partial charge in [0.2, 0.25) is 0 Å². The molecule has 1 N–H and O–H groups in total. The van der Waals surface area contributed by atoms with Crippen molar-refractivity contribution in [3.63, 3.8) is 0 Å². The lowest BCUT2D eigenvalue weighted by molar-refractivity contribution is -0.126. The third-order valence-electron chi connectivity index (χ3n) is 6.87. The number of carbonyl (C=O) groups is 1. The van der Waals surface area contributed by atoms with Crippen LogP contribution >= 0.6 is 11.3 Å². The minimum absolute atomic E-state index is 0.0899. The summed E-state index contributed by atoms with van der Waals surface area (Å²) in [7, 11) is 0. The molecule has 11 heteroatoms. The van der Waals surface area contributed by atoms with Crippen molar-refractivity contribution in [3.8, 4) is 0 Å². The Labute approximate surface area is 197 Å². The number of carbonyl (C=O) groups excluding carboxylic acids is 1. The van der Waals surface area contributed by atoms with Gasteiger partial charge in [-0.15, -0.1) is 11.3 Å². The van der Waals surface area contributed by atoms with Crippen molar-refractivity contribution in [2.45, 2.75) is 69.6 Å². The Kier molecular flexibility index (Phi) is 6.16. The molecule has 0 aliphatic carbocycles. The zero-order valence-corrected chi connectivity index (χ0v) is 19.2. The van der Waals surface area contributed by atoms with Crippen LogP contribution in [0.25, 0.3) is 0 Å². The van der Waals surface area contributed by atoms with Crippen LogP contribution in [0, 0.1) is 11.6 Å². The fourth-order valence-electron chi connectivity index (χ4n) is 5.42. The maximum atomic E-state index is 15.0. The molecule has 5 rings (SSSR count). The van der Waals surface area contributed by atoms with Gasteiger partial charge in [-0.05, 0) is 57.1 Å². The average Bonchev–Trinajstić information content (AvgIpc) is 3.45. The van der Waals surface area contributed by atoms with E-state index in [0.717, 1.165) is 68.4 Å². The van der Waals surface area contributed by atoms with Gasteiger partial charge in [0.05, 0.1) is 6.42 Å². The number of alkyl halides is 3. The van der Waals surface area contributed by atoms with E-state index in [4.69, 9.17) is 0 Å². The van der Waals surface area contributed by atoms with Gasteiger partial charge in [0.15, 0.2) is 16.8 Å². The lowest BCUT2D eigenvalue weighted by Gasteiger charge is -2.37. The highest BCUT2D eigenvalue weighted by Gasteiger charge is 2.39. The largest absolute Gasteiger partial charge is 0.393 e. The quantitative estimate of drug-likeness (QED) is 0.520. The molecule has 3 fully saturated rings. The highest BCUT2D eigenvalue weighted by molar-refractivity contribution is 7.16. The smallest absolute Gasteiger partial charge is 0.361 e. The molecular formula is C23H25F5N4OS. The van der Waals surface area contributed by atoms with Crippen LogP contribution < -0.4 is 15.1 Å². The minimum atomic E-state index is -4.52. The first-order valence-electron chi connectivity index (χ1n) is 11.6. The highest BCUT2D eigenvalue weighted by Crippen LogP contribution is 2.42. The van der Waals surface area contributed by atoms with E-state index in [1.165, 1.54) is 0 Å². The summed E-state index contributed by atoms with van der Waals surface area (Å²) in [6.07, 6.45) is 0.603. The Morgan fingerprint density at radius 2 is 1.65 bits per heavy atom. The van der Waals surface area contributed by atoms with Crippen molar-refractivity contribution >= 4 is 33.8 Å². The lowest BCUT2D eigenvalue weighted by atomic mass is 10.0. The predicted molar refractivity (Wildman–Crippen MR) is 121 cm³/mol. The summed E-state index contributed by atoms with van der Waals surface area (Å²) < 4.78 is 69.4. The number of hydrogen-bond acceptors (Lipinski definition) is 5. The Morgan fingerprint density at radius 1 is 1.03 bits per heavy atom. The van der Waals surface area contributed by atoms with Crippen LogP contribution in [-0.4, -0.2) is 42.2 Å². The van der Waals surface area contributed by atoms with Gasteiger partial charge >= 0.3 is 6.18 Å². The van der Waals surface area contributed by atoms with Crippen LogP contribution in [0.2, 0.25) is 0 Å². The summed E-state index contributed by atoms with van der Waals surface area (Å²) in [4.78, 5) is 20.5. The lowest BCUT2D eigenvalue weighted by Crippen LogP contribution is -2.40. The van der Waals surface area contributed by atoms with Crippen LogP contribution in [0.5, 0.6) is 0 Å². The van der Waals surface area contributed by atoms with Gasteiger partial charge in [-0.2, -0.15) is 13.2 Å². The number of halogens is 5. The molecule has 1 aromatic heterocycles. The second-order valence-corrected chi connectivity index (χ2v) is 10.3. The molecular weight excluding hydrogens is 475 g/mol. The molecule has 0 saturated carbocycles.